The lowest BCUT2D eigenvalue weighted by Crippen LogP contribution is -2.41. The number of rotatable bonds is 5. The van der Waals surface area contributed by atoms with Crippen molar-refractivity contribution in [3.05, 3.63) is 0 Å². The Balaban J connectivity index is 2.07. The fraction of sp³-hybridized carbons (Fsp3) is 0.900. The van der Waals surface area contributed by atoms with E-state index in [4.69, 9.17) is 9.47 Å². The molecule has 1 N–H and O–H groups in total. The Morgan fingerprint density at radius 2 is 2.29 bits per heavy atom. The summed E-state index contributed by atoms with van der Waals surface area (Å²) in [7, 11) is 0. The van der Waals surface area contributed by atoms with E-state index in [0.717, 1.165) is 25.8 Å². The van der Waals surface area contributed by atoms with Crippen molar-refractivity contribution < 1.29 is 14.3 Å². The second kappa shape index (κ2) is 6.79. The smallest absolute Gasteiger partial charge is 0.323 e. The number of piperidine rings is 1. The monoisotopic (exact) mass is 201 g/mol. The first-order valence-electron chi connectivity index (χ1n) is 5.32. The molecule has 0 radical (unpaired) electrons. The molecule has 0 aromatic heterocycles. The molecule has 14 heavy (non-hydrogen) atoms. The highest BCUT2D eigenvalue weighted by Gasteiger charge is 2.21. The van der Waals surface area contributed by atoms with Crippen LogP contribution in [0.3, 0.4) is 0 Å². The van der Waals surface area contributed by atoms with E-state index in [1.807, 2.05) is 6.92 Å². The van der Waals surface area contributed by atoms with Crippen LogP contribution in [0.5, 0.6) is 0 Å². The van der Waals surface area contributed by atoms with Gasteiger partial charge < -0.3 is 14.8 Å². The van der Waals surface area contributed by atoms with Gasteiger partial charge in [0.2, 0.25) is 0 Å². The number of esters is 1. The number of carbonyl (C=O) groups excluding carboxylic acids is 1. The Hall–Kier alpha value is -0.610. The Labute approximate surface area is 85.0 Å². The van der Waals surface area contributed by atoms with E-state index in [2.05, 4.69) is 5.32 Å². The summed E-state index contributed by atoms with van der Waals surface area (Å²) < 4.78 is 10.1. The highest BCUT2D eigenvalue weighted by Crippen LogP contribution is 2.07. The predicted molar refractivity (Wildman–Crippen MR) is 53.1 cm³/mol. The van der Waals surface area contributed by atoms with E-state index in [1.54, 1.807) is 0 Å². The van der Waals surface area contributed by atoms with Crippen molar-refractivity contribution in [2.45, 2.75) is 32.2 Å². The summed E-state index contributed by atoms with van der Waals surface area (Å²) >= 11 is 0. The van der Waals surface area contributed by atoms with E-state index in [9.17, 15) is 4.79 Å². The van der Waals surface area contributed by atoms with Gasteiger partial charge in [0.25, 0.3) is 0 Å². The molecule has 4 nitrogen and oxygen atoms in total. The van der Waals surface area contributed by atoms with Gasteiger partial charge in [0.15, 0.2) is 0 Å². The van der Waals surface area contributed by atoms with E-state index >= 15 is 0 Å². The fourth-order valence-corrected chi connectivity index (χ4v) is 1.50. The maximum Gasteiger partial charge on any atom is 0.323 e. The molecule has 0 saturated carbocycles. The summed E-state index contributed by atoms with van der Waals surface area (Å²) in [6.45, 7) is 4.37. The summed E-state index contributed by atoms with van der Waals surface area (Å²) in [6.07, 6.45) is 3.16. The summed E-state index contributed by atoms with van der Waals surface area (Å²) in [6, 6.07) is -0.0922. The standard InChI is InChI=1S/C10H19NO3/c1-2-13-7-8-14-10(12)9-5-3-4-6-11-9/h9,11H,2-8H2,1H3/t9-/m1/s1. The Bertz CT molecular complexity index is 167. The van der Waals surface area contributed by atoms with Crippen LogP contribution in [0, 0.1) is 0 Å². The molecule has 1 aliphatic heterocycles. The number of nitrogens with one attached hydrogen (secondary N) is 1. The molecule has 82 valence electrons. The summed E-state index contributed by atoms with van der Waals surface area (Å²) in [5, 5.41) is 3.14. The zero-order valence-corrected chi connectivity index (χ0v) is 8.75. The minimum absolute atomic E-state index is 0.0922. The summed E-state index contributed by atoms with van der Waals surface area (Å²) in [5.41, 5.74) is 0. The molecule has 1 atom stereocenters. The quantitative estimate of drug-likeness (QED) is 0.525. The maximum absolute atomic E-state index is 11.4. The van der Waals surface area contributed by atoms with Crippen molar-refractivity contribution in [3.8, 4) is 0 Å². The average molecular weight is 201 g/mol. The molecule has 0 aliphatic carbocycles. The van der Waals surface area contributed by atoms with Gasteiger partial charge in [-0.25, -0.2) is 0 Å². The molecule has 1 saturated heterocycles. The number of hydrogen-bond acceptors (Lipinski definition) is 4. The van der Waals surface area contributed by atoms with Crippen LogP contribution in [0.1, 0.15) is 26.2 Å². The van der Waals surface area contributed by atoms with Crippen molar-refractivity contribution in [1.82, 2.24) is 5.32 Å². The molecular weight excluding hydrogens is 182 g/mol. The van der Waals surface area contributed by atoms with Crippen molar-refractivity contribution in [2.75, 3.05) is 26.4 Å². The highest BCUT2D eigenvalue weighted by molar-refractivity contribution is 5.75. The van der Waals surface area contributed by atoms with Gasteiger partial charge in [-0.05, 0) is 26.3 Å². The number of hydrogen-bond donors (Lipinski definition) is 1. The first-order chi connectivity index (χ1) is 6.84. The van der Waals surface area contributed by atoms with Gasteiger partial charge in [0, 0.05) is 6.61 Å². The lowest BCUT2D eigenvalue weighted by atomic mass is 10.1. The summed E-state index contributed by atoms with van der Waals surface area (Å²) in [5.74, 6) is -0.135. The van der Waals surface area contributed by atoms with Gasteiger partial charge in [0.05, 0.1) is 6.61 Å². The molecule has 1 heterocycles. The van der Waals surface area contributed by atoms with Crippen LogP contribution < -0.4 is 5.32 Å². The zero-order valence-electron chi connectivity index (χ0n) is 8.75. The Kier molecular flexibility index (Phi) is 5.56. The zero-order chi connectivity index (χ0) is 10.2. The lowest BCUT2D eigenvalue weighted by Gasteiger charge is -2.21. The first-order valence-corrected chi connectivity index (χ1v) is 5.32. The topological polar surface area (TPSA) is 47.6 Å². The van der Waals surface area contributed by atoms with E-state index in [-0.39, 0.29) is 12.0 Å². The molecule has 1 aliphatic rings. The largest absolute Gasteiger partial charge is 0.462 e. The lowest BCUT2D eigenvalue weighted by molar-refractivity contribution is -0.148. The molecule has 0 aromatic rings. The summed E-state index contributed by atoms with van der Waals surface area (Å²) in [4.78, 5) is 11.4. The molecule has 0 spiro atoms. The predicted octanol–water partition coefficient (Wildman–Crippen LogP) is 0.708. The normalized spacial score (nSPS) is 21.9. The van der Waals surface area contributed by atoms with Crippen LogP contribution in [0.15, 0.2) is 0 Å². The van der Waals surface area contributed by atoms with Crippen LogP contribution in [0.2, 0.25) is 0 Å². The second-order valence-electron chi connectivity index (χ2n) is 3.37. The molecule has 1 fully saturated rings. The van der Waals surface area contributed by atoms with Crippen molar-refractivity contribution in [2.24, 2.45) is 0 Å². The van der Waals surface area contributed by atoms with Crippen molar-refractivity contribution >= 4 is 5.97 Å². The van der Waals surface area contributed by atoms with Gasteiger partial charge >= 0.3 is 5.97 Å². The van der Waals surface area contributed by atoms with Gasteiger partial charge in [-0.1, -0.05) is 6.42 Å². The van der Waals surface area contributed by atoms with Gasteiger partial charge in [-0.3, -0.25) is 4.79 Å². The van der Waals surface area contributed by atoms with Gasteiger partial charge in [-0.2, -0.15) is 0 Å². The molecule has 0 unspecified atom stereocenters. The van der Waals surface area contributed by atoms with Crippen molar-refractivity contribution in [3.63, 3.8) is 0 Å². The second-order valence-corrected chi connectivity index (χ2v) is 3.37. The van der Waals surface area contributed by atoms with Crippen LogP contribution in [-0.2, 0) is 14.3 Å². The average Bonchev–Trinajstić information content (AvgIpc) is 2.25. The van der Waals surface area contributed by atoms with Crippen LogP contribution >= 0.6 is 0 Å². The van der Waals surface area contributed by atoms with E-state index in [0.29, 0.717) is 19.8 Å². The van der Waals surface area contributed by atoms with Crippen LogP contribution in [-0.4, -0.2) is 38.4 Å². The van der Waals surface area contributed by atoms with Crippen LogP contribution in [0.4, 0.5) is 0 Å². The third-order valence-electron chi connectivity index (χ3n) is 2.27. The van der Waals surface area contributed by atoms with Gasteiger partial charge in [-0.15, -0.1) is 0 Å². The third kappa shape index (κ3) is 4.07. The Morgan fingerprint density at radius 3 is 2.93 bits per heavy atom. The first kappa shape index (κ1) is 11.5. The number of carbonyl (C=O) groups is 1. The van der Waals surface area contributed by atoms with Crippen molar-refractivity contribution in [1.29, 1.82) is 0 Å². The molecule has 1 rings (SSSR count). The van der Waals surface area contributed by atoms with Crippen LogP contribution in [0.25, 0.3) is 0 Å². The molecule has 0 amide bonds. The van der Waals surface area contributed by atoms with E-state index in [1.165, 1.54) is 0 Å². The number of ether oxygens (including phenoxy) is 2. The SMILES string of the molecule is CCOCCOC(=O)[C@H]1CCCCN1. The Morgan fingerprint density at radius 1 is 1.43 bits per heavy atom. The van der Waals surface area contributed by atoms with Gasteiger partial charge in [0.1, 0.15) is 12.6 Å². The minimum Gasteiger partial charge on any atom is -0.462 e. The third-order valence-corrected chi connectivity index (χ3v) is 2.27. The molecule has 4 heteroatoms. The molecular formula is C10H19NO3. The molecule has 0 bridgehead atoms. The maximum atomic E-state index is 11.4. The molecule has 0 aromatic carbocycles. The minimum atomic E-state index is -0.135. The fourth-order valence-electron chi connectivity index (χ4n) is 1.50. The highest BCUT2D eigenvalue weighted by atomic mass is 16.6. The van der Waals surface area contributed by atoms with E-state index < -0.39 is 0 Å².